The third-order valence-electron chi connectivity index (χ3n) is 2.45. The molecular formula is C11H21N3S. The van der Waals surface area contributed by atoms with Gasteiger partial charge in [0.05, 0.1) is 0 Å². The van der Waals surface area contributed by atoms with E-state index in [0.29, 0.717) is 0 Å². The summed E-state index contributed by atoms with van der Waals surface area (Å²) in [6, 6.07) is 0.241. The molecule has 0 saturated heterocycles. The highest BCUT2D eigenvalue weighted by Crippen LogP contribution is 2.06. The Balaban J connectivity index is 2.45. The molecule has 86 valence electrons. The van der Waals surface area contributed by atoms with Crippen LogP contribution in [0.15, 0.2) is 12.4 Å². The van der Waals surface area contributed by atoms with Crippen molar-refractivity contribution in [2.45, 2.75) is 39.3 Å². The fourth-order valence-corrected chi connectivity index (χ4v) is 2.03. The van der Waals surface area contributed by atoms with Crippen molar-refractivity contribution in [2.75, 3.05) is 11.5 Å². The van der Waals surface area contributed by atoms with Crippen molar-refractivity contribution in [2.24, 2.45) is 5.73 Å². The first-order valence-corrected chi connectivity index (χ1v) is 6.76. The molecule has 0 aliphatic heterocycles. The summed E-state index contributed by atoms with van der Waals surface area (Å²) in [6.45, 7) is 5.35. The van der Waals surface area contributed by atoms with Crippen LogP contribution < -0.4 is 5.73 Å². The maximum atomic E-state index is 5.93. The van der Waals surface area contributed by atoms with Crippen molar-refractivity contribution in [3.05, 3.63) is 18.2 Å². The van der Waals surface area contributed by atoms with Gasteiger partial charge in [0.1, 0.15) is 5.82 Å². The molecule has 4 heteroatoms. The van der Waals surface area contributed by atoms with E-state index in [1.54, 1.807) is 0 Å². The summed E-state index contributed by atoms with van der Waals surface area (Å²) in [4.78, 5) is 4.36. The molecule has 2 N–H and O–H groups in total. The third-order valence-corrected chi connectivity index (χ3v) is 3.33. The van der Waals surface area contributed by atoms with E-state index < -0.39 is 0 Å². The number of nitrogens with zero attached hydrogens (tertiary/aromatic N) is 2. The van der Waals surface area contributed by atoms with Crippen molar-refractivity contribution in [1.29, 1.82) is 0 Å². The van der Waals surface area contributed by atoms with Crippen molar-refractivity contribution in [3.63, 3.8) is 0 Å². The predicted octanol–water partition coefficient (Wildman–Crippen LogP) is 1.92. The highest BCUT2D eigenvalue weighted by Gasteiger charge is 2.06. The quantitative estimate of drug-likeness (QED) is 0.724. The van der Waals surface area contributed by atoms with Crippen LogP contribution >= 0.6 is 11.8 Å². The number of aryl methyl sites for hydroxylation is 1. The van der Waals surface area contributed by atoms with Gasteiger partial charge in [0.25, 0.3) is 0 Å². The minimum atomic E-state index is 0.241. The van der Waals surface area contributed by atoms with E-state index in [1.165, 1.54) is 5.75 Å². The Labute approximate surface area is 96.5 Å². The SMILES string of the molecule is CCSCCn1ccnc1CC(N)CC. The molecule has 0 aliphatic rings. The van der Waals surface area contributed by atoms with Gasteiger partial charge < -0.3 is 10.3 Å². The minimum Gasteiger partial charge on any atom is -0.334 e. The van der Waals surface area contributed by atoms with Crippen LogP contribution in [0.2, 0.25) is 0 Å². The van der Waals surface area contributed by atoms with E-state index in [2.05, 4.69) is 23.4 Å². The Morgan fingerprint density at radius 2 is 2.33 bits per heavy atom. The molecule has 15 heavy (non-hydrogen) atoms. The zero-order valence-electron chi connectivity index (χ0n) is 9.65. The molecule has 1 aromatic rings. The minimum absolute atomic E-state index is 0.241. The summed E-state index contributed by atoms with van der Waals surface area (Å²) >= 11 is 1.96. The van der Waals surface area contributed by atoms with E-state index in [4.69, 9.17) is 5.73 Å². The van der Waals surface area contributed by atoms with Gasteiger partial charge in [-0.15, -0.1) is 0 Å². The van der Waals surface area contributed by atoms with Crippen LogP contribution in [-0.2, 0) is 13.0 Å². The first-order valence-electron chi connectivity index (χ1n) is 5.61. The van der Waals surface area contributed by atoms with Gasteiger partial charge in [-0.05, 0) is 12.2 Å². The third kappa shape index (κ3) is 4.26. The number of nitrogens with two attached hydrogens (primary N) is 1. The Hall–Kier alpha value is -0.480. The summed E-state index contributed by atoms with van der Waals surface area (Å²) in [6.07, 6.45) is 5.82. The second kappa shape index (κ2) is 6.90. The summed E-state index contributed by atoms with van der Waals surface area (Å²) in [5.74, 6) is 3.46. The smallest absolute Gasteiger partial charge is 0.110 e. The Kier molecular flexibility index (Phi) is 5.79. The molecule has 0 fully saturated rings. The zero-order valence-corrected chi connectivity index (χ0v) is 10.5. The van der Waals surface area contributed by atoms with Gasteiger partial charge >= 0.3 is 0 Å². The van der Waals surface area contributed by atoms with Gasteiger partial charge in [-0.2, -0.15) is 11.8 Å². The number of imidazole rings is 1. The molecule has 1 heterocycles. The van der Waals surface area contributed by atoms with Gasteiger partial charge in [0.2, 0.25) is 0 Å². The second-order valence-corrected chi connectivity index (χ2v) is 5.00. The number of rotatable bonds is 7. The summed E-state index contributed by atoms with van der Waals surface area (Å²) in [7, 11) is 0. The molecule has 3 nitrogen and oxygen atoms in total. The average molecular weight is 227 g/mol. The first kappa shape index (κ1) is 12.6. The lowest BCUT2D eigenvalue weighted by Crippen LogP contribution is -2.23. The molecule has 1 aromatic heterocycles. The molecule has 1 atom stereocenters. The second-order valence-electron chi connectivity index (χ2n) is 3.61. The van der Waals surface area contributed by atoms with E-state index in [-0.39, 0.29) is 6.04 Å². The Morgan fingerprint density at radius 1 is 1.53 bits per heavy atom. The van der Waals surface area contributed by atoms with Crippen molar-refractivity contribution >= 4 is 11.8 Å². The highest BCUT2D eigenvalue weighted by molar-refractivity contribution is 7.99. The normalized spacial score (nSPS) is 13.0. The van der Waals surface area contributed by atoms with Crippen LogP contribution in [0.5, 0.6) is 0 Å². The van der Waals surface area contributed by atoms with Crippen LogP contribution in [0.25, 0.3) is 0 Å². The lowest BCUT2D eigenvalue weighted by molar-refractivity contribution is 0.593. The Morgan fingerprint density at radius 3 is 3.00 bits per heavy atom. The van der Waals surface area contributed by atoms with Gasteiger partial charge in [-0.1, -0.05) is 13.8 Å². The summed E-state index contributed by atoms with van der Waals surface area (Å²) < 4.78 is 2.22. The first-order chi connectivity index (χ1) is 7.27. The molecule has 0 spiro atoms. The fourth-order valence-electron chi connectivity index (χ4n) is 1.42. The zero-order chi connectivity index (χ0) is 11.1. The predicted molar refractivity (Wildman–Crippen MR) is 67.2 cm³/mol. The van der Waals surface area contributed by atoms with Gasteiger partial charge in [0, 0.05) is 37.2 Å². The molecule has 0 aliphatic carbocycles. The van der Waals surface area contributed by atoms with Crippen LogP contribution in [0, 0.1) is 0 Å². The lowest BCUT2D eigenvalue weighted by atomic mass is 10.1. The van der Waals surface area contributed by atoms with Crippen LogP contribution in [0.4, 0.5) is 0 Å². The van der Waals surface area contributed by atoms with E-state index in [9.17, 15) is 0 Å². The molecule has 0 radical (unpaired) electrons. The number of hydrogen-bond donors (Lipinski definition) is 1. The monoisotopic (exact) mass is 227 g/mol. The van der Waals surface area contributed by atoms with Gasteiger partial charge in [-0.25, -0.2) is 4.98 Å². The van der Waals surface area contributed by atoms with Crippen molar-refractivity contribution < 1.29 is 0 Å². The highest BCUT2D eigenvalue weighted by atomic mass is 32.2. The van der Waals surface area contributed by atoms with E-state index in [1.807, 2.05) is 24.2 Å². The van der Waals surface area contributed by atoms with E-state index in [0.717, 1.165) is 31.0 Å². The van der Waals surface area contributed by atoms with Crippen LogP contribution in [0.3, 0.4) is 0 Å². The van der Waals surface area contributed by atoms with Crippen LogP contribution in [-0.4, -0.2) is 27.1 Å². The molecule has 1 rings (SSSR count). The molecule has 1 unspecified atom stereocenters. The molecule has 0 bridgehead atoms. The lowest BCUT2D eigenvalue weighted by Gasteiger charge is -2.10. The van der Waals surface area contributed by atoms with Gasteiger partial charge in [-0.3, -0.25) is 0 Å². The number of thioether (sulfide) groups is 1. The topological polar surface area (TPSA) is 43.8 Å². The Bertz CT molecular complexity index is 273. The maximum Gasteiger partial charge on any atom is 0.110 e. The molecular weight excluding hydrogens is 206 g/mol. The largest absolute Gasteiger partial charge is 0.334 e. The number of aromatic nitrogens is 2. The van der Waals surface area contributed by atoms with Gasteiger partial charge in [0.15, 0.2) is 0 Å². The summed E-state index contributed by atoms with van der Waals surface area (Å²) in [5, 5.41) is 0. The standard InChI is InChI=1S/C11H21N3S/c1-3-10(12)9-11-13-5-6-14(11)7-8-15-4-2/h5-6,10H,3-4,7-9,12H2,1-2H3. The fraction of sp³-hybridized carbons (Fsp3) is 0.727. The average Bonchev–Trinajstić information content (AvgIpc) is 2.66. The molecule has 0 amide bonds. The molecule has 0 saturated carbocycles. The van der Waals surface area contributed by atoms with E-state index >= 15 is 0 Å². The molecule has 0 aromatic carbocycles. The van der Waals surface area contributed by atoms with Crippen molar-refractivity contribution in [1.82, 2.24) is 9.55 Å². The number of hydrogen-bond acceptors (Lipinski definition) is 3. The maximum absolute atomic E-state index is 5.93. The van der Waals surface area contributed by atoms with Crippen molar-refractivity contribution in [3.8, 4) is 0 Å². The summed E-state index contributed by atoms with van der Waals surface area (Å²) in [5.41, 5.74) is 5.93. The van der Waals surface area contributed by atoms with Crippen LogP contribution in [0.1, 0.15) is 26.1 Å².